The Balaban J connectivity index is 2.36. The van der Waals surface area contributed by atoms with Gasteiger partial charge in [-0.15, -0.1) is 10.2 Å². The molecule has 2 heterocycles. The zero-order valence-corrected chi connectivity index (χ0v) is 9.90. The standard InChI is InChI=1S/C9H5F3N6S/c10-9(11,12)7-16-17-8(18(7)14)19-6-5(4-13)2-1-3-15-6/h1-3H,14H2. The van der Waals surface area contributed by atoms with Gasteiger partial charge in [-0.1, -0.05) is 0 Å². The molecule has 2 aromatic rings. The Morgan fingerprint density at radius 2 is 2.11 bits per heavy atom. The zero-order chi connectivity index (χ0) is 14.0. The van der Waals surface area contributed by atoms with Crippen LogP contribution in [0.2, 0.25) is 0 Å². The summed E-state index contributed by atoms with van der Waals surface area (Å²) in [5, 5.41) is 15.1. The van der Waals surface area contributed by atoms with E-state index in [9.17, 15) is 13.2 Å². The van der Waals surface area contributed by atoms with Gasteiger partial charge in [0.1, 0.15) is 11.1 Å². The number of nitrogens with zero attached hydrogens (tertiary/aromatic N) is 5. The van der Waals surface area contributed by atoms with E-state index in [0.29, 0.717) is 4.68 Å². The zero-order valence-electron chi connectivity index (χ0n) is 9.09. The Bertz CT molecular complexity index is 644. The minimum Gasteiger partial charge on any atom is -0.335 e. The number of nitriles is 1. The molecule has 0 aliphatic carbocycles. The minimum atomic E-state index is -4.69. The Morgan fingerprint density at radius 1 is 1.37 bits per heavy atom. The SMILES string of the molecule is N#Cc1cccnc1Sc1nnc(C(F)(F)F)n1N. The molecule has 0 fully saturated rings. The van der Waals surface area contributed by atoms with Gasteiger partial charge in [-0.05, 0) is 23.9 Å². The molecule has 0 unspecified atom stereocenters. The van der Waals surface area contributed by atoms with Gasteiger partial charge in [0.05, 0.1) is 5.56 Å². The highest BCUT2D eigenvalue weighted by Crippen LogP contribution is 2.31. The van der Waals surface area contributed by atoms with E-state index in [1.54, 1.807) is 0 Å². The molecular weight excluding hydrogens is 281 g/mol. The van der Waals surface area contributed by atoms with E-state index in [4.69, 9.17) is 11.1 Å². The van der Waals surface area contributed by atoms with Crippen LogP contribution in [0.5, 0.6) is 0 Å². The van der Waals surface area contributed by atoms with Crippen LogP contribution in [0.3, 0.4) is 0 Å². The topological polar surface area (TPSA) is 93.4 Å². The van der Waals surface area contributed by atoms with Gasteiger partial charge in [0.2, 0.25) is 5.16 Å². The van der Waals surface area contributed by atoms with E-state index in [0.717, 1.165) is 11.8 Å². The van der Waals surface area contributed by atoms with E-state index < -0.39 is 12.0 Å². The fourth-order valence-corrected chi connectivity index (χ4v) is 1.96. The number of rotatable bonds is 2. The summed E-state index contributed by atoms with van der Waals surface area (Å²) in [5.74, 6) is 3.95. The van der Waals surface area contributed by atoms with Crippen LogP contribution in [0.1, 0.15) is 11.4 Å². The molecule has 98 valence electrons. The molecule has 2 aromatic heterocycles. The number of alkyl halides is 3. The van der Waals surface area contributed by atoms with Gasteiger partial charge in [-0.2, -0.15) is 18.4 Å². The maximum Gasteiger partial charge on any atom is 0.453 e. The molecule has 2 rings (SSSR count). The Morgan fingerprint density at radius 3 is 2.68 bits per heavy atom. The molecule has 10 heteroatoms. The number of nitrogen functional groups attached to an aromatic ring is 1. The fourth-order valence-electron chi connectivity index (χ4n) is 1.18. The van der Waals surface area contributed by atoms with Crippen LogP contribution in [-0.2, 0) is 6.18 Å². The Kier molecular flexibility index (Phi) is 3.30. The highest BCUT2D eigenvalue weighted by atomic mass is 32.2. The largest absolute Gasteiger partial charge is 0.453 e. The molecule has 0 saturated carbocycles. The van der Waals surface area contributed by atoms with Crippen LogP contribution in [0, 0.1) is 11.3 Å². The van der Waals surface area contributed by atoms with Crippen LogP contribution in [0.4, 0.5) is 13.2 Å². The summed E-state index contributed by atoms with van der Waals surface area (Å²) in [6.45, 7) is 0. The van der Waals surface area contributed by atoms with Crippen LogP contribution in [0.25, 0.3) is 0 Å². The minimum absolute atomic E-state index is 0.206. The van der Waals surface area contributed by atoms with Crippen molar-refractivity contribution >= 4 is 11.8 Å². The smallest absolute Gasteiger partial charge is 0.335 e. The van der Waals surface area contributed by atoms with Crippen LogP contribution in [0.15, 0.2) is 28.5 Å². The molecule has 6 nitrogen and oxygen atoms in total. The summed E-state index contributed by atoms with van der Waals surface area (Å²) in [5.41, 5.74) is 0.212. The van der Waals surface area contributed by atoms with Gasteiger partial charge in [0.15, 0.2) is 0 Å². The Hall–Kier alpha value is -2.28. The molecule has 0 radical (unpaired) electrons. The van der Waals surface area contributed by atoms with Gasteiger partial charge in [0, 0.05) is 6.20 Å². The van der Waals surface area contributed by atoms with Crippen molar-refractivity contribution in [2.24, 2.45) is 0 Å². The number of halogens is 3. The molecule has 0 atom stereocenters. The quantitative estimate of drug-likeness (QED) is 0.839. The average Bonchev–Trinajstić information content (AvgIpc) is 2.71. The van der Waals surface area contributed by atoms with Crippen molar-refractivity contribution < 1.29 is 13.2 Å². The van der Waals surface area contributed by atoms with Gasteiger partial charge in [0.25, 0.3) is 5.82 Å². The van der Waals surface area contributed by atoms with E-state index >= 15 is 0 Å². The van der Waals surface area contributed by atoms with Gasteiger partial charge >= 0.3 is 6.18 Å². The lowest BCUT2D eigenvalue weighted by Crippen LogP contribution is -2.21. The molecule has 2 N–H and O–H groups in total. The third kappa shape index (κ3) is 2.60. The summed E-state index contributed by atoms with van der Waals surface area (Å²) in [4.78, 5) is 3.88. The second-order valence-electron chi connectivity index (χ2n) is 3.24. The van der Waals surface area contributed by atoms with E-state index in [2.05, 4.69) is 15.2 Å². The number of aromatic nitrogens is 4. The molecule has 0 amide bonds. The third-order valence-electron chi connectivity index (χ3n) is 2.00. The first kappa shape index (κ1) is 13.2. The lowest BCUT2D eigenvalue weighted by molar-refractivity contribution is -0.146. The first-order valence-electron chi connectivity index (χ1n) is 4.74. The molecule has 0 bridgehead atoms. The molecular formula is C9H5F3N6S. The van der Waals surface area contributed by atoms with Crippen molar-refractivity contribution in [3.63, 3.8) is 0 Å². The monoisotopic (exact) mass is 286 g/mol. The summed E-state index contributed by atoms with van der Waals surface area (Å²) < 4.78 is 37.7. The first-order chi connectivity index (χ1) is 8.93. The summed E-state index contributed by atoms with van der Waals surface area (Å²) in [7, 11) is 0. The highest BCUT2D eigenvalue weighted by Gasteiger charge is 2.38. The van der Waals surface area contributed by atoms with Gasteiger partial charge in [-0.3, -0.25) is 0 Å². The predicted molar refractivity (Wildman–Crippen MR) is 58.2 cm³/mol. The van der Waals surface area contributed by atoms with Crippen LogP contribution < -0.4 is 5.84 Å². The second-order valence-corrected chi connectivity index (χ2v) is 4.20. The first-order valence-corrected chi connectivity index (χ1v) is 5.56. The van der Waals surface area contributed by atoms with Crippen LogP contribution >= 0.6 is 11.8 Å². The van der Waals surface area contributed by atoms with Gasteiger partial charge < -0.3 is 5.84 Å². The summed E-state index contributed by atoms with van der Waals surface area (Å²) in [6.07, 6.45) is -3.28. The predicted octanol–water partition coefficient (Wildman–Crippen LogP) is 1.43. The maximum absolute atomic E-state index is 12.5. The molecule has 0 aromatic carbocycles. The molecule has 0 spiro atoms. The van der Waals surface area contributed by atoms with Crippen molar-refractivity contribution in [1.29, 1.82) is 5.26 Å². The highest BCUT2D eigenvalue weighted by molar-refractivity contribution is 7.99. The number of pyridine rings is 1. The van der Waals surface area contributed by atoms with Crippen molar-refractivity contribution in [2.75, 3.05) is 5.84 Å². The summed E-state index contributed by atoms with van der Waals surface area (Å²) >= 11 is 0.733. The lowest BCUT2D eigenvalue weighted by atomic mass is 10.3. The second kappa shape index (κ2) is 4.77. The number of nitrogens with two attached hydrogens (primary N) is 1. The van der Waals surface area contributed by atoms with E-state index in [1.165, 1.54) is 18.3 Å². The molecule has 0 saturated heterocycles. The average molecular weight is 286 g/mol. The molecule has 19 heavy (non-hydrogen) atoms. The lowest BCUT2D eigenvalue weighted by Gasteiger charge is -2.06. The molecule has 0 aliphatic heterocycles. The van der Waals surface area contributed by atoms with E-state index in [-0.39, 0.29) is 15.7 Å². The van der Waals surface area contributed by atoms with Crippen molar-refractivity contribution in [3.8, 4) is 6.07 Å². The Labute approximate surface area is 109 Å². The number of hydrogen-bond acceptors (Lipinski definition) is 6. The maximum atomic E-state index is 12.5. The number of hydrogen-bond donors (Lipinski definition) is 1. The summed E-state index contributed by atoms with van der Waals surface area (Å²) in [6, 6.07) is 4.89. The van der Waals surface area contributed by atoms with Crippen LogP contribution in [-0.4, -0.2) is 19.9 Å². The third-order valence-corrected chi connectivity index (χ3v) is 2.98. The molecule has 0 aliphatic rings. The van der Waals surface area contributed by atoms with Crippen molar-refractivity contribution in [3.05, 3.63) is 29.7 Å². The van der Waals surface area contributed by atoms with Gasteiger partial charge in [-0.25, -0.2) is 9.66 Å². The fraction of sp³-hybridized carbons (Fsp3) is 0.111. The van der Waals surface area contributed by atoms with Crippen molar-refractivity contribution in [1.82, 2.24) is 19.9 Å². The van der Waals surface area contributed by atoms with E-state index in [1.807, 2.05) is 6.07 Å². The van der Waals surface area contributed by atoms with Crippen molar-refractivity contribution in [2.45, 2.75) is 16.4 Å². The normalized spacial score (nSPS) is 11.3.